The zero-order valence-corrected chi connectivity index (χ0v) is 8.03. The highest BCUT2D eigenvalue weighted by Crippen LogP contribution is 2.40. The predicted octanol–water partition coefficient (Wildman–Crippen LogP) is 3.48. The Morgan fingerprint density at radius 3 is 2.25 bits per heavy atom. The van der Waals surface area contributed by atoms with Crippen molar-refractivity contribution in [3.05, 3.63) is 33.9 Å². The van der Waals surface area contributed by atoms with Crippen molar-refractivity contribution in [2.24, 2.45) is 0 Å². The number of nitro benzene ring substituents is 1. The predicted molar refractivity (Wildman–Crippen MR) is 44.9 cm³/mol. The summed E-state index contributed by atoms with van der Waals surface area (Å²) in [5.41, 5.74) is -5.78. The first-order valence-corrected chi connectivity index (χ1v) is 4.41. The van der Waals surface area contributed by atoms with Crippen molar-refractivity contribution >= 4 is 17.4 Å². The van der Waals surface area contributed by atoms with Gasteiger partial charge in [-0.25, -0.2) is 8.78 Å². The van der Waals surface area contributed by atoms with Gasteiger partial charge in [-0.15, -0.1) is 0 Å². The minimum atomic E-state index is -4.84. The monoisotopic (exact) mass is 259 g/mol. The molecule has 0 aromatic heterocycles. The minimum Gasteiger partial charge on any atom is -0.258 e. The van der Waals surface area contributed by atoms with Crippen molar-refractivity contribution < 1.29 is 26.9 Å². The fourth-order valence-corrected chi connectivity index (χ4v) is 1.47. The van der Waals surface area contributed by atoms with Gasteiger partial charge in [-0.2, -0.15) is 13.2 Å². The number of hydrogen-bond acceptors (Lipinski definition) is 3. The van der Waals surface area contributed by atoms with E-state index in [0.717, 1.165) is 0 Å². The first-order valence-electron chi connectivity index (χ1n) is 3.60. The molecule has 0 aliphatic carbocycles. The second kappa shape index (κ2) is 4.24. The topological polar surface area (TPSA) is 43.1 Å². The summed E-state index contributed by atoms with van der Waals surface area (Å²) in [5.74, 6) is -3.45. The van der Waals surface area contributed by atoms with E-state index in [-0.39, 0.29) is 6.07 Å². The summed E-state index contributed by atoms with van der Waals surface area (Å²) in [4.78, 5) is 7.93. The number of nitrogens with zero attached hydrogens (tertiary/aromatic N) is 1. The van der Waals surface area contributed by atoms with E-state index in [9.17, 15) is 32.1 Å². The van der Waals surface area contributed by atoms with E-state index >= 15 is 0 Å². The maximum Gasteiger partial charge on any atom is 0.446 e. The Bertz CT molecular complexity index is 434. The van der Waals surface area contributed by atoms with Crippen molar-refractivity contribution in [1.82, 2.24) is 0 Å². The van der Waals surface area contributed by atoms with Gasteiger partial charge in [0.1, 0.15) is 0 Å². The van der Waals surface area contributed by atoms with Crippen LogP contribution < -0.4 is 0 Å². The standard InChI is InChI=1S/C7H2F5NO2S/c8-4-1-3(13(14)15)2-5(6(4)9)16-7(10,11)12/h1-2H. The van der Waals surface area contributed by atoms with E-state index in [0.29, 0.717) is 6.07 Å². The van der Waals surface area contributed by atoms with E-state index in [1.807, 2.05) is 0 Å². The third-order valence-corrected chi connectivity index (χ3v) is 2.16. The number of non-ortho nitro benzene ring substituents is 1. The summed E-state index contributed by atoms with van der Waals surface area (Å²) in [5, 5.41) is 10.2. The lowest BCUT2D eigenvalue weighted by Crippen LogP contribution is -2.02. The van der Waals surface area contributed by atoms with Gasteiger partial charge in [0.2, 0.25) is 0 Å². The Hall–Kier alpha value is -1.38. The molecule has 0 unspecified atom stereocenters. The molecule has 0 fully saturated rings. The van der Waals surface area contributed by atoms with Crippen LogP contribution in [0.5, 0.6) is 0 Å². The van der Waals surface area contributed by atoms with Crippen LogP contribution in [0.3, 0.4) is 0 Å². The van der Waals surface area contributed by atoms with E-state index in [1.165, 1.54) is 0 Å². The van der Waals surface area contributed by atoms with Crippen molar-refractivity contribution in [2.45, 2.75) is 10.4 Å². The molecule has 0 aliphatic heterocycles. The molecule has 0 bridgehead atoms. The lowest BCUT2D eigenvalue weighted by atomic mass is 10.3. The number of rotatable bonds is 2. The van der Waals surface area contributed by atoms with Gasteiger partial charge in [0.25, 0.3) is 5.69 Å². The van der Waals surface area contributed by atoms with Gasteiger partial charge in [0.05, 0.1) is 15.9 Å². The molecule has 1 aromatic rings. The smallest absolute Gasteiger partial charge is 0.258 e. The SMILES string of the molecule is O=[N+]([O-])c1cc(F)c(F)c(SC(F)(F)F)c1. The second-order valence-electron chi connectivity index (χ2n) is 2.54. The molecule has 1 rings (SSSR count). The highest BCUT2D eigenvalue weighted by molar-refractivity contribution is 8.00. The third-order valence-electron chi connectivity index (χ3n) is 1.42. The molecule has 88 valence electrons. The summed E-state index contributed by atoms with van der Waals surface area (Å²) in [6.07, 6.45) is 0. The second-order valence-corrected chi connectivity index (χ2v) is 3.65. The number of halogens is 5. The van der Waals surface area contributed by atoms with Gasteiger partial charge < -0.3 is 0 Å². The molecule has 0 heterocycles. The van der Waals surface area contributed by atoms with Crippen LogP contribution in [-0.4, -0.2) is 10.4 Å². The van der Waals surface area contributed by atoms with Crippen LogP contribution in [0.4, 0.5) is 27.6 Å². The van der Waals surface area contributed by atoms with E-state index in [2.05, 4.69) is 0 Å². The van der Waals surface area contributed by atoms with Gasteiger partial charge >= 0.3 is 5.51 Å². The van der Waals surface area contributed by atoms with E-state index < -0.39 is 44.4 Å². The molecule has 0 saturated heterocycles. The van der Waals surface area contributed by atoms with Crippen LogP contribution in [0.1, 0.15) is 0 Å². The van der Waals surface area contributed by atoms with Crippen LogP contribution in [0.15, 0.2) is 17.0 Å². The fourth-order valence-electron chi connectivity index (χ4n) is 0.855. The highest BCUT2D eigenvalue weighted by Gasteiger charge is 2.32. The fraction of sp³-hybridized carbons (Fsp3) is 0.143. The average Bonchev–Trinajstić information content (AvgIpc) is 2.10. The molecule has 3 nitrogen and oxygen atoms in total. The molecular formula is C7H2F5NO2S. The Morgan fingerprint density at radius 2 is 1.81 bits per heavy atom. The molecule has 16 heavy (non-hydrogen) atoms. The van der Waals surface area contributed by atoms with Crippen LogP contribution in [-0.2, 0) is 0 Å². The zero-order chi connectivity index (χ0) is 12.5. The Labute approximate surface area is 89.4 Å². The van der Waals surface area contributed by atoms with Crippen molar-refractivity contribution in [1.29, 1.82) is 0 Å². The number of benzene rings is 1. The first-order chi connectivity index (χ1) is 7.20. The van der Waals surface area contributed by atoms with Gasteiger partial charge in [-0.3, -0.25) is 10.1 Å². The summed E-state index contributed by atoms with van der Waals surface area (Å²) in [6.45, 7) is 0. The van der Waals surface area contributed by atoms with Gasteiger partial charge in [-0.1, -0.05) is 0 Å². The molecule has 9 heteroatoms. The van der Waals surface area contributed by atoms with Crippen LogP contribution in [0.25, 0.3) is 0 Å². The van der Waals surface area contributed by atoms with Crippen molar-refractivity contribution in [3.63, 3.8) is 0 Å². The summed E-state index contributed by atoms with van der Waals surface area (Å²) in [7, 11) is 0. The van der Waals surface area contributed by atoms with Crippen LogP contribution >= 0.6 is 11.8 Å². The molecule has 0 spiro atoms. The number of nitro groups is 1. The molecule has 0 radical (unpaired) electrons. The Morgan fingerprint density at radius 1 is 1.25 bits per heavy atom. The molecule has 1 aromatic carbocycles. The van der Waals surface area contributed by atoms with E-state index in [1.54, 1.807) is 0 Å². The Balaban J connectivity index is 3.22. The summed E-state index contributed by atoms with van der Waals surface area (Å²) in [6, 6.07) is 0.548. The van der Waals surface area contributed by atoms with E-state index in [4.69, 9.17) is 0 Å². The number of thioether (sulfide) groups is 1. The van der Waals surface area contributed by atoms with Crippen LogP contribution in [0, 0.1) is 21.7 Å². The average molecular weight is 259 g/mol. The van der Waals surface area contributed by atoms with Gasteiger partial charge in [0, 0.05) is 6.07 Å². The lowest BCUT2D eigenvalue weighted by Gasteiger charge is -2.06. The zero-order valence-electron chi connectivity index (χ0n) is 7.22. The maximum absolute atomic E-state index is 12.9. The Kier molecular flexibility index (Phi) is 3.36. The first kappa shape index (κ1) is 12.7. The maximum atomic E-state index is 12.9. The van der Waals surface area contributed by atoms with Crippen molar-refractivity contribution in [3.8, 4) is 0 Å². The molecule has 0 atom stereocenters. The normalized spacial score (nSPS) is 11.6. The van der Waals surface area contributed by atoms with Crippen LogP contribution in [0.2, 0.25) is 0 Å². The van der Waals surface area contributed by atoms with Gasteiger partial charge in [-0.05, 0) is 11.8 Å². The molecule has 0 aliphatic rings. The minimum absolute atomic E-state index is 0.218. The molecule has 0 saturated carbocycles. The quantitative estimate of drug-likeness (QED) is 0.353. The molecular weight excluding hydrogens is 257 g/mol. The highest BCUT2D eigenvalue weighted by atomic mass is 32.2. The summed E-state index contributed by atoms with van der Waals surface area (Å²) < 4.78 is 61.2. The third kappa shape index (κ3) is 3.05. The molecule has 0 N–H and O–H groups in total. The summed E-state index contributed by atoms with van der Waals surface area (Å²) >= 11 is -0.946. The lowest BCUT2D eigenvalue weighted by molar-refractivity contribution is -0.385. The number of alkyl halides is 3. The van der Waals surface area contributed by atoms with Gasteiger partial charge in [0.15, 0.2) is 11.6 Å². The molecule has 0 amide bonds. The van der Waals surface area contributed by atoms with Crippen molar-refractivity contribution in [2.75, 3.05) is 0 Å². The largest absolute Gasteiger partial charge is 0.446 e. The number of hydrogen-bond donors (Lipinski definition) is 0.